The Morgan fingerprint density at radius 1 is 0.388 bits per heavy atom. The minimum Gasteiger partial charge on any atom is -0.393 e. The number of hydrogen-bond acceptors (Lipinski definition) is 2. The molecule has 1 saturated carbocycles. The van der Waals surface area contributed by atoms with E-state index in [0.717, 1.165) is 76.3 Å². The maximum absolute atomic E-state index is 10.5. The third-order valence-electron chi connectivity index (χ3n) is 17.3. The Balaban J connectivity index is 0.918. The Labute approximate surface area is 466 Å². The van der Waals surface area contributed by atoms with Crippen molar-refractivity contribution in [3.63, 3.8) is 0 Å². The van der Waals surface area contributed by atoms with E-state index < -0.39 is 12.2 Å². The van der Waals surface area contributed by atoms with Gasteiger partial charge in [0.15, 0.2) is 0 Å². The molecule has 4 heterocycles. The number of aliphatic hydroxyl groups is 2. The average Bonchev–Trinajstić information content (AvgIpc) is 3.91. The number of allylic oxidation sites excluding steroid dienone is 4. The predicted molar refractivity (Wildman–Crippen MR) is 336 cm³/mol. The number of hydrogen-bond donors (Lipinski definition) is 2. The topological polar surface area (TPSA) is 60.2 Å². The van der Waals surface area contributed by atoms with Crippen LogP contribution in [-0.2, 0) is 25.7 Å². The highest BCUT2D eigenvalue weighted by Crippen LogP contribution is 2.43. The molecule has 2 aliphatic rings. The van der Waals surface area contributed by atoms with Crippen molar-refractivity contribution in [1.29, 1.82) is 0 Å². The summed E-state index contributed by atoms with van der Waals surface area (Å²) in [6, 6.07) is 66.7. The lowest BCUT2D eigenvalue weighted by atomic mass is 10.00. The van der Waals surface area contributed by atoms with Crippen molar-refractivity contribution < 1.29 is 10.2 Å². The van der Waals surface area contributed by atoms with Crippen LogP contribution in [0.15, 0.2) is 194 Å². The van der Waals surface area contributed by atoms with Crippen molar-refractivity contribution in [1.82, 2.24) is 18.3 Å². The van der Waals surface area contributed by atoms with E-state index in [2.05, 4.69) is 226 Å². The summed E-state index contributed by atoms with van der Waals surface area (Å²) < 4.78 is 9.80. The van der Waals surface area contributed by atoms with Gasteiger partial charge >= 0.3 is 0 Å². The number of rotatable bonds is 13. The molecule has 394 valence electrons. The normalized spacial score (nSPS) is 14.9. The molecule has 0 radical (unpaired) electrons. The zero-order valence-electron chi connectivity index (χ0n) is 46.1. The van der Waals surface area contributed by atoms with Crippen LogP contribution in [0, 0.1) is 11.8 Å². The van der Waals surface area contributed by atoms with E-state index >= 15 is 0 Å². The maximum Gasteiger partial charge on any atom is 0.0552 e. The summed E-state index contributed by atoms with van der Waals surface area (Å²) in [5, 5.41) is 30.7. The van der Waals surface area contributed by atoms with Crippen LogP contribution in [0.4, 0.5) is 0 Å². The molecule has 0 bridgehead atoms. The van der Waals surface area contributed by atoms with E-state index in [1.54, 1.807) is 0 Å². The molecule has 6 heteroatoms. The van der Waals surface area contributed by atoms with Crippen LogP contribution < -0.4 is 0 Å². The fourth-order valence-electron chi connectivity index (χ4n) is 13.7. The first kappa shape index (κ1) is 48.7. The van der Waals surface area contributed by atoms with Crippen LogP contribution in [0.1, 0.15) is 75.6 Å². The minimum absolute atomic E-state index is 0.410. The predicted octanol–water partition coefficient (Wildman–Crippen LogP) is 17.9. The molecule has 2 unspecified atom stereocenters. The second-order valence-corrected chi connectivity index (χ2v) is 23.9. The minimum atomic E-state index is -0.419. The van der Waals surface area contributed by atoms with Crippen molar-refractivity contribution in [2.75, 3.05) is 0 Å². The van der Waals surface area contributed by atoms with E-state index in [1.165, 1.54) is 111 Å². The van der Waals surface area contributed by atoms with Gasteiger partial charge in [-0.25, -0.2) is 0 Å². The first-order valence-corrected chi connectivity index (χ1v) is 29.2. The van der Waals surface area contributed by atoms with Gasteiger partial charge in [-0.2, -0.15) is 0 Å². The zero-order chi connectivity index (χ0) is 53.9. The molecule has 15 rings (SSSR count). The van der Waals surface area contributed by atoms with Gasteiger partial charge in [0.2, 0.25) is 0 Å². The summed E-state index contributed by atoms with van der Waals surface area (Å²) in [6.07, 6.45) is 14.3. The van der Waals surface area contributed by atoms with Gasteiger partial charge in [0.25, 0.3) is 0 Å². The van der Waals surface area contributed by atoms with Crippen LogP contribution in [0.25, 0.3) is 121 Å². The third-order valence-corrected chi connectivity index (χ3v) is 17.3. The molecule has 2 aliphatic carbocycles. The van der Waals surface area contributed by atoms with Gasteiger partial charge in [0.1, 0.15) is 0 Å². The molecular formula is C74H66N4O2. The first-order chi connectivity index (χ1) is 39.1. The summed E-state index contributed by atoms with van der Waals surface area (Å²) in [6.45, 7) is 8.32. The number of benzene rings is 9. The summed E-state index contributed by atoms with van der Waals surface area (Å²) in [4.78, 5) is 0. The molecule has 0 saturated heterocycles. The molecule has 2 N–H and O–H groups in total. The molecule has 6 nitrogen and oxygen atoms in total. The molecule has 0 spiro atoms. The number of fused-ring (bicyclic) bond motifs is 12. The van der Waals surface area contributed by atoms with Crippen LogP contribution in [0.3, 0.4) is 0 Å². The molecule has 0 aliphatic heterocycles. The van der Waals surface area contributed by atoms with Crippen LogP contribution in [-0.4, -0.2) is 40.7 Å². The molecule has 9 aromatic carbocycles. The SMILES string of the molecule is CC(C)Cc1ccc2c(c1)c1cc(CC(C)O)ccc1n2-c1ccc2c(c1)c1cc(-c3ccc4c(c3)c3cc(-n5c6ccc(CC(C)O)cc6c6cc(CC7CC7)ccc65)ccc3n4C3=CCCC=C3)ccc1n2-c1ccccc1. The molecule has 0 amide bonds. The summed E-state index contributed by atoms with van der Waals surface area (Å²) in [7, 11) is 0. The highest BCUT2D eigenvalue weighted by Gasteiger charge is 2.24. The average molecular weight is 1040 g/mol. The number of para-hydroxylation sites is 1. The Hall–Kier alpha value is -8.42. The monoisotopic (exact) mass is 1040 g/mol. The van der Waals surface area contributed by atoms with Gasteiger partial charge < -0.3 is 28.5 Å². The van der Waals surface area contributed by atoms with Gasteiger partial charge in [-0.15, -0.1) is 0 Å². The number of aromatic nitrogens is 4. The van der Waals surface area contributed by atoms with Crippen molar-refractivity contribution in [3.8, 4) is 28.2 Å². The Bertz CT molecular complexity index is 4570. The summed E-state index contributed by atoms with van der Waals surface area (Å²) in [5.41, 5.74) is 21.4. The lowest BCUT2D eigenvalue weighted by Gasteiger charge is -2.13. The van der Waals surface area contributed by atoms with Crippen LogP contribution >= 0.6 is 0 Å². The lowest BCUT2D eigenvalue weighted by Crippen LogP contribution is -2.03. The summed E-state index contributed by atoms with van der Waals surface area (Å²) >= 11 is 0. The second kappa shape index (κ2) is 19.1. The van der Waals surface area contributed by atoms with Crippen molar-refractivity contribution in [3.05, 3.63) is 216 Å². The lowest BCUT2D eigenvalue weighted by molar-refractivity contribution is 0.195. The van der Waals surface area contributed by atoms with Crippen LogP contribution in [0.2, 0.25) is 0 Å². The van der Waals surface area contributed by atoms with Crippen molar-refractivity contribution >= 4 is 92.9 Å². The van der Waals surface area contributed by atoms with E-state index in [-0.39, 0.29) is 0 Å². The molecule has 13 aromatic rings. The zero-order valence-corrected chi connectivity index (χ0v) is 46.1. The number of aliphatic hydroxyl groups excluding tert-OH is 2. The third kappa shape index (κ3) is 8.30. The van der Waals surface area contributed by atoms with E-state index in [1.807, 2.05) is 13.8 Å². The second-order valence-electron chi connectivity index (χ2n) is 23.9. The highest BCUT2D eigenvalue weighted by atomic mass is 16.3. The Morgan fingerprint density at radius 3 is 1.24 bits per heavy atom. The van der Waals surface area contributed by atoms with Crippen molar-refractivity contribution in [2.24, 2.45) is 11.8 Å². The van der Waals surface area contributed by atoms with E-state index in [9.17, 15) is 10.2 Å². The quantitative estimate of drug-likeness (QED) is 0.121. The largest absolute Gasteiger partial charge is 0.393 e. The van der Waals surface area contributed by atoms with Crippen LogP contribution in [0.5, 0.6) is 0 Å². The molecular weight excluding hydrogens is 977 g/mol. The molecule has 80 heavy (non-hydrogen) atoms. The van der Waals surface area contributed by atoms with E-state index in [0.29, 0.717) is 18.8 Å². The van der Waals surface area contributed by atoms with Gasteiger partial charge in [-0.05, 0) is 238 Å². The van der Waals surface area contributed by atoms with Gasteiger partial charge in [-0.3, -0.25) is 0 Å². The van der Waals surface area contributed by atoms with Gasteiger partial charge in [0, 0.05) is 65.8 Å². The molecule has 1 fully saturated rings. The standard InChI is InChI=1S/C74H66N4O2/c1-45(2)33-49-17-25-67-59(37-49)60-38-50(34-46(3)79)18-26-68(60)77(67)57-23-31-73-65(43-57)63-41-53(21-29-71(63)75(73)55-11-7-5-8-12-55)54-22-30-72-64(42-54)66-44-58(24-32-74(66)76(72)56-13-9-6-10-14-56)78-69-27-19-51(35-47(4)80)39-61(69)62-40-52(20-28-70(62)78)36-48-15-16-48/h5,7-9,11-14,17-32,37-48,79-80H,6,10,15-16,33-36H2,1-4H3. The fourth-order valence-corrected chi connectivity index (χ4v) is 13.7. The smallest absolute Gasteiger partial charge is 0.0552 e. The Morgan fingerprint density at radius 2 is 0.787 bits per heavy atom. The highest BCUT2D eigenvalue weighted by molar-refractivity contribution is 6.16. The first-order valence-electron chi connectivity index (χ1n) is 29.2. The van der Waals surface area contributed by atoms with Gasteiger partial charge in [-0.1, -0.05) is 80.6 Å². The summed E-state index contributed by atoms with van der Waals surface area (Å²) in [5.74, 6) is 1.35. The van der Waals surface area contributed by atoms with Crippen molar-refractivity contribution in [2.45, 2.75) is 91.3 Å². The molecule has 2 atom stereocenters. The molecule has 4 aromatic heterocycles. The van der Waals surface area contributed by atoms with Gasteiger partial charge in [0.05, 0.1) is 56.3 Å². The maximum atomic E-state index is 10.5. The Kier molecular flexibility index (Phi) is 11.7. The number of nitrogens with zero attached hydrogens (tertiary/aromatic N) is 4. The fraction of sp³-hybridized carbons (Fsp3) is 0.216. The van der Waals surface area contributed by atoms with E-state index in [4.69, 9.17) is 0 Å².